The van der Waals surface area contributed by atoms with Gasteiger partial charge in [-0.25, -0.2) is 0 Å². The lowest BCUT2D eigenvalue weighted by atomic mass is 10.1. The minimum atomic E-state index is -0.0366. The highest BCUT2D eigenvalue weighted by atomic mass is 16.5. The molecular formula is C28H33N3O3. The third-order valence-corrected chi connectivity index (χ3v) is 6.28. The summed E-state index contributed by atoms with van der Waals surface area (Å²) in [6, 6.07) is 24.1. The molecule has 1 aliphatic rings. The Morgan fingerprint density at radius 1 is 0.824 bits per heavy atom. The van der Waals surface area contributed by atoms with Crippen molar-refractivity contribution in [2.75, 3.05) is 51.8 Å². The molecule has 0 bridgehead atoms. The quantitative estimate of drug-likeness (QED) is 0.524. The standard InChI is InChI=1S/C28H33N3O3/c1-33-25-13-9-22(10-14-25)15-16-29-28(32)24-11-7-23(8-12-24)21-30-17-19-31(20-18-30)26-5-3-4-6-27(26)34-2/h3-14H,15-21H2,1-2H3,(H,29,32). The maximum atomic E-state index is 12.5. The van der Waals surface area contributed by atoms with Crippen LogP contribution in [0.5, 0.6) is 11.5 Å². The number of rotatable bonds is 9. The lowest BCUT2D eigenvalue weighted by Gasteiger charge is -2.36. The van der Waals surface area contributed by atoms with Gasteiger partial charge in [-0.1, -0.05) is 36.4 Å². The molecule has 1 N–H and O–H groups in total. The Bertz CT molecular complexity index is 1060. The first kappa shape index (κ1) is 23.6. The van der Waals surface area contributed by atoms with E-state index in [1.165, 1.54) is 11.1 Å². The second-order valence-corrected chi connectivity index (χ2v) is 8.49. The van der Waals surface area contributed by atoms with Crippen LogP contribution in [0.3, 0.4) is 0 Å². The van der Waals surface area contributed by atoms with Gasteiger partial charge in [0, 0.05) is 44.8 Å². The van der Waals surface area contributed by atoms with Gasteiger partial charge >= 0.3 is 0 Å². The Hall–Kier alpha value is -3.51. The van der Waals surface area contributed by atoms with E-state index in [1.807, 2.05) is 48.5 Å². The zero-order valence-corrected chi connectivity index (χ0v) is 20.0. The molecule has 1 aliphatic heterocycles. The van der Waals surface area contributed by atoms with Crippen LogP contribution in [-0.4, -0.2) is 57.8 Å². The number of amides is 1. The third kappa shape index (κ3) is 6.08. The molecule has 0 spiro atoms. The first-order valence-electron chi connectivity index (χ1n) is 11.8. The average Bonchev–Trinajstić information content (AvgIpc) is 2.90. The second-order valence-electron chi connectivity index (χ2n) is 8.49. The molecule has 0 saturated carbocycles. The zero-order chi connectivity index (χ0) is 23.8. The lowest BCUT2D eigenvalue weighted by Crippen LogP contribution is -2.46. The van der Waals surface area contributed by atoms with Crippen LogP contribution in [0.2, 0.25) is 0 Å². The molecule has 6 heteroatoms. The number of carbonyl (C=O) groups is 1. The van der Waals surface area contributed by atoms with Crippen molar-refractivity contribution in [1.82, 2.24) is 10.2 Å². The summed E-state index contributed by atoms with van der Waals surface area (Å²) in [5.74, 6) is 1.73. The summed E-state index contributed by atoms with van der Waals surface area (Å²) in [5, 5.41) is 3.01. The Balaban J connectivity index is 1.22. The van der Waals surface area contributed by atoms with E-state index in [4.69, 9.17) is 9.47 Å². The van der Waals surface area contributed by atoms with E-state index in [0.717, 1.165) is 56.3 Å². The molecular weight excluding hydrogens is 426 g/mol. The van der Waals surface area contributed by atoms with Crippen molar-refractivity contribution < 1.29 is 14.3 Å². The zero-order valence-electron chi connectivity index (χ0n) is 20.0. The number of nitrogens with one attached hydrogen (secondary N) is 1. The van der Waals surface area contributed by atoms with Crippen molar-refractivity contribution in [3.05, 3.63) is 89.5 Å². The van der Waals surface area contributed by atoms with Crippen LogP contribution in [0, 0.1) is 0 Å². The fourth-order valence-electron chi connectivity index (χ4n) is 4.27. The van der Waals surface area contributed by atoms with Crippen molar-refractivity contribution in [3.63, 3.8) is 0 Å². The largest absolute Gasteiger partial charge is 0.497 e. The van der Waals surface area contributed by atoms with Gasteiger partial charge in [-0.15, -0.1) is 0 Å². The summed E-state index contributed by atoms with van der Waals surface area (Å²) in [6.45, 7) is 5.41. The number of benzene rings is 3. The highest BCUT2D eigenvalue weighted by Gasteiger charge is 2.19. The topological polar surface area (TPSA) is 54.0 Å². The monoisotopic (exact) mass is 459 g/mol. The molecule has 34 heavy (non-hydrogen) atoms. The van der Waals surface area contributed by atoms with Crippen LogP contribution >= 0.6 is 0 Å². The van der Waals surface area contributed by atoms with Gasteiger partial charge in [-0.3, -0.25) is 9.69 Å². The molecule has 1 saturated heterocycles. The number of para-hydroxylation sites is 2. The number of carbonyl (C=O) groups excluding carboxylic acids is 1. The maximum Gasteiger partial charge on any atom is 0.251 e. The third-order valence-electron chi connectivity index (χ3n) is 6.28. The summed E-state index contributed by atoms with van der Waals surface area (Å²) in [5.41, 5.74) is 4.24. The van der Waals surface area contributed by atoms with E-state index in [1.54, 1.807) is 14.2 Å². The predicted octanol–water partition coefficient (Wildman–Crippen LogP) is 4.00. The summed E-state index contributed by atoms with van der Waals surface area (Å²) in [7, 11) is 3.38. The van der Waals surface area contributed by atoms with Crippen LogP contribution in [0.15, 0.2) is 72.8 Å². The van der Waals surface area contributed by atoms with Gasteiger partial charge in [0.15, 0.2) is 0 Å². The van der Waals surface area contributed by atoms with E-state index >= 15 is 0 Å². The van der Waals surface area contributed by atoms with Crippen molar-refractivity contribution in [2.45, 2.75) is 13.0 Å². The molecule has 6 nitrogen and oxygen atoms in total. The number of hydrogen-bond acceptors (Lipinski definition) is 5. The highest BCUT2D eigenvalue weighted by molar-refractivity contribution is 5.94. The number of methoxy groups -OCH3 is 2. The number of hydrogen-bond donors (Lipinski definition) is 1. The van der Waals surface area contributed by atoms with E-state index in [9.17, 15) is 4.79 Å². The van der Waals surface area contributed by atoms with Gasteiger partial charge in [0.1, 0.15) is 11.5 Å². The minimum Gasteiger partial charge on any atom is -0.497 e. The molecule has 1 heterocycles. The normalized spacial score (nSPS) is 14.0. The fraction of sp³-hybridized carbons (Fsp3) is 0.321. The Morgan fingerprint density at radius 3 is 2.18 bits per heavy atom. The fourth-order valence-corrected chi connectivity index (χ4v) is 4.27. The Kier molecular flexibility index (Phi) is 8.04. The van der Waals surface area contributed by atoms with Crippen LogP contribution in [0.1, 0.15) is 21.5 Å². The molecule has 0 unspecified atom stereocenters. The van der Waals surface area contributed by atoms with E-state index < -0.39 is 0 Å². The smallest absolute Gasteiger partial charge is 0.251 e. The number of piperazine rings is 1. The number of ether oxygens (including phenoxy) is 2. The van der Waals surface area contributed by atoms with Gasteiger partial charge in [0.2, 0.25) is 0 Å². The molecule has 0 aromatic heterocycles. The molecule has 4 rings (SSSR count). The van der Waals surface area contributed by atoms with Crippen molar-refractivity contribution in [2.24, 2.45) is 0 Å². The molecule has 1 amide bonds. The van der Waals surface area contributed by atoms with Crippen LogP contribution in [0.25, 0.3) is 0 Å². The summed E-state index contributed by atoms with van der Waals surface area (Å²) in [6.07, 6.45) is 0.786. The lowest BCUT2D eigenvalue weighted by molar-refractivity contribution is 0.0954. The molecule has 178 valence electrons. The maximum absolute atomic E-state index is 12.5. The molecule has 3 aromatic carbocycles. The second kappa shape index (κ2) is 11.6. The van der Waals surface area contributed by atoms with Gasteiger partial charge in [0.25, 0.3) is 5.91 Å². The molecule has 0 aliphatic carbocycles. The summed E-state index contributed by atoms with van der Waals surface area (Å²) < 4.78 is 10.7. The average molecular weight is 460 g/mol. The van der Waals surface area contributed by atoms with Crippen LogP contribution < -0.4 is 19.7 Å². The van der Waals surface area contributed by atoms with Gasteiger partial charge in [-0.05, 0) is 53.9 Å². The predicted molar refractivity (Wildman–Crippen MR) is 136 cm³/mol. The van der Waals surface area contributed by atoms with Crippen molar-refractivity contribution >= 4 is 11.6 Å². The minimum absolute atomic E-state index is 0.0366. The Morgan fingerprint density at radius 2 is 1.50 bits per heavy atom. The highest BCUT2D eigenvalue weighted by Crippen LogP contribution is 2.28. The van der Waals surface area contributed by atoms with Crippen molar-refractivity contribution in [3.8, 4) is 11.5 Å². The number of anilines is 1. The first-order chi connectivity index (χ1) is 16.7. The SMILES string of the molecule is COc1ccc(CCNC(=O)c2ccc(CN3CCN(c4ccccc4OC)CC3)cc2)cc1. The molecule has 1 fully saturated rings. The van der Waals surface area contributed by atoms with E-state index in [-0.39, 0.29) is 5.91 Å². The summed E-state index contributed by atoms with van der Waals surface area (Å²) in [4.78, 5) is 17.3. The first-order valence-corrected chi connectivity index (χ1v) is 11.8. The molecule has 0 atom stereocenters. The molecule has 0 radical (unpaired) electrons. The van der Waals surface area contributed by atoms with Gasteiger partial charge in [0.05, 0.1) is 19.9 Å². The van der Waals surface area contributed by atoms with Gasteiger partial charge in [-0.2, -0.15) is 0 Å². The molecule has 3 aromatic rings. The number of nitrogens with zero attached hydrogens (tertiary/aromatic N) is 2. The Labute approximate surface area is 202 Å². The van der Waals surface area contributed by atoms with Crippen LogP contribution in [-0.2, 0) is 13.0 Å². The van der Waals surface area contributed by atoms with E-state index in [2.05, 4.69) is 39.4 Å². The van der Waals surface area contributed by atoms with Gasteiger partial charge < -0.3 is 19.7 Å². The van der Waals surface area contributed by atoms with E-state index in [0.29, 0.717) is 12.1 Å². The van der Waals surface area contributed by atoms with Crippen LogP contribution in [0.4, 0.5) is 5.69 Å². The summed E-state index contributed by atoms with van der Waals surface area (Å²) >= 11 is 0. The van der Waals surface area contributed by atoms with Crippen molar-refractivity contribution in [1.29, 1.82) is 0 Å².